The molecule has 30 heavy (non-hydrogen) atoms. The van der Waals surface area contributed by atoms with Crippen LogP contribution in [0.3, 0.4) is 0 Å². The molecule has 1 unspecified atom stereocenters. The summed E-state index contributed by atoms with van der Waals surface area (Å²) in [6, 6.07) is 15.5. The molecule has 0 aliphatic carbocycles. The highest BCUT2D eigenvalue weighted by atomic mass is 16.5. The van der Waals surface area contributed by atoms with E-state index >= 15 is 0 Å². The van der Waals surface area contributed by atoms with Crippen LogP contribution in [0.4, 0.5) is 0 Å². The molecule has 6 nitrogen and oxygen atoms in total. The van der Waals surface area contributed by atoms with Crippen LogP contribution in [0.15, 0.2) is 48.5 Å². The van der Waals surface area contributed by atoms with E-state index in [0.29, 0.717) is 31.9 Å². The Morgan fingerprint density at radius 1 is 1.17 bits per heavy atom. The topological polar surface area (TPSA) is 67.9 Å². The first-order valence-corrected chi connectivity index (χ1v) is 10.4. The summed E-state index contributed by atoms with van der Waals surface area (Å²) in [5.41, 5.74) is 2.44. The van der Waals surface area contributed by atoms with Gasteiger partial charge in [0.1, 0.15) is 5.75 Å². The molecule has 4 rings (SSSR count). The summed E-state index contributed by atoms with van der Waals surface area (Å²) in [4.78, 5) is 27.3. The summed E-state index contributed by atoms with van der Waals surface area (Å²) >= 11 is 0. The number of likely N-dealkylation sites (N-methyl/N-ethyl adjacent to an activating group) is 1. The van der Waals surface area contributed by atoms with Crippen molar-refractivity contribution in [2.45, 2.75) is 24.2 Å². The highest BCUT2D eigenvalue weighted by Crippen LogP contribution is 2.36. The molecule has 0 spiro atoms. The van der Waals surface area contributed by atoms with Crippen LogP contribution < -0.4 is 10.1 Å². The Kier molecular flexibility index (Phi) is 5.77. The molecule has 0 radical (unpaired) electrons. The maximum absolute atomic E-state index is 13.2. The third kappa shape index (κ3) is 3.79. The second kappa shape index (κ2) is 8.48. The van der Waals surface area contributed by atoms with E-state index in [1.165, 1.54) is 5.56 Å². The fraction of sp³-hybridized carbons (Fsp3) is 0.417. The molecule has 0 bridgehead atoms. The first-order chi connectivity index (χ1) is 14.5. The third-order valence-corrected chi connectivity index (χ3v) is 6.44. The van der Waals surface area contributed by atoms with Crippen LogP contribution in [0, 0.1) is 0 Å². The van der Waals surface area contributed by atoms with Crippen LogP contribution in [-0.2, 0) is 14.9 Å². The van der Waals surface area contributed by atoms with Gasteiger partial charge in [0.15, 0.2) is 0 Å². The van der Waals surface area contributed by atoms with Gasteiger partial charge in [0.05, 0.1) is 13.0 Å². The maximum atomic E-state index is 13.2. The van der Waals surface area contributed by atoms with Crippen LogP contribution in [0.25, 0.3) is 0 Å². The average Bonchev–Trinajstić information content (AvgIpc) is 2.80. The van der Waals surface area contributed by atoms with Gasteiger partial charge in [-0.1, -0.05) is 30.3 Å². The predicted molar refractivity (Wildman–Crippen MR) is 114 cm³/mol. The summed E-state index contributed by atoms with van der Waals surface area (Å²) in [7, 11) is 3.40. The summed E-state index contributed by atoms with van der Waals surface area (Å²) in [5.74, 6) is 0.378. The van der Waals surface area contributed by atoms with Crippen molar-refractivity contribution in [3.8, 4) is 5.75 Å². The van der Waals surface area contributed by atoms with Crippen molar-refractivity contribution >= 4 is 11.8 Å². The van der Waals surface area contributed by atoms with Crippen molar-refractivity contribution in [2.24, 2.45) is 0 Å². The van der Waals surface area contributed by atoms with Gasteiger partial charge in [-0.2, -0.15) is 0 Å². The van der Waals surface area contributed by atoms with E-state index in [2.05, 4.69) is 17.4 Å². The minimum Gasteiger partial charge on any atom is -0.497 e. The second-order valence-corrected chi connectivity index (χ2v) is 8.16. The molecular weight excluding hydrogens is 380 g/mol. The SMILES string of the molecule is COc1ccc(C2(CNC(=O)C3CN(C)C(=O)c4ccccc43)CCOCC2)cc1. The number of nitrogens with zero attached hydrogens (tertiary/aromatic N) is 1. The number of carbonyl (C=O) groups excluding carboxylic acids is 2. The lowest BCUT2D eigenvalue weighted by Crippen LogP contribution is -2.48. The summed E-state index contributed by atoms with van der Waals surface area (Å²) < 4.78 is 10.9. The van der Waals surface area contributed by atoms with Crippen LogP contribution in [0.2, 0.25) is 0 Å². The molecule has 1 N–H and O–H groups in total. The minimum absolute atomic E-state index is 0.0335. The molecule has 0 aromatic heterocycles. The first kappa shape index (κ1) is 20.4. The van der Waals surface area contributed by atoms with E-state index < -0.39 is 0 Å². The van der Waals surface area contributed by atoms with Crippen LogP contribution in [0.1, 0.15) is 40.2 Å². The summed E-state index contributed by atoms with van der Waals surface area (Å²) in [6.45, 7) is 2.27. The monoisotopic (exact) mass is 408 g/mol. The Balaban J connectivity index is 1.54. The molecule has 2 aliphatic heterocycles. The molecule has 2 aliphatic rings. The Morgan fingerprint density at radius 3 is 2.57 bits per heavy atom. The number of carbonyl (C=O) groups is 2. The van der Waals surface area contributed by atoms with Gasteiger partial charge in [0.25, 0.3) is 5.91 Å². The van der Waals surface area contributed by atoms with Gasteiger partial charge in [-0.25, -0.2) is 0 Å². The zero-order valence-corrected chi connectivity index (χ0v) is 17.5. The number of ether oxygens (including phenoxy) is 2. The smallest absolute Gasteiger partial charge is 0.253 e. The van der Waals surface area contributed by atoms with E-state index in [1.807, 2.05) is 30.3 Å². The predicted octanol–water partition coefficient (Wildman–Crippen LogP) is 2.73. The fourth-order valence-electron chi connectivity index (χ4n) is 4.53. The van der Waals surface area contributed by atoms with Crippen molar-refractivity contribution in [3.05, 3.63) is 65.2 Å². The Morgan fingerprint density at radius 2 is 1.87 bits per heavy atom. The van der Waals surface area contributed by atoms with E-state index in [4.69, 9.17) is 9.47 Å². The van der Waals surface area contributed by atoms with Crippen LogP contribution in [-0.4, -0.2) is 57.2 Å². The molecule has 2 aromatic carbocycles. The average molecular weight is 408 g/mol. The number of nitrogens with one attached hydrogen (secondary N) is 1. The molecule has 158 valence electrons. The molecular formula is C24H28N2O4. The van der Waals surface area contributed by atoms with Gasteiger partial charge in [0, 0.05) is 44.3 Å². The van der Waals surface area contributed by atoms with E-state index in [1.54, 1.807) is 25.1 Å². The fourth-order valence-corrected chi connectivity index (χ4v) is 4.53. The number of methoxy groups -OCH3 is 1. The lowest BCUT2D eigenvalue weighted by molar-refractivity contribution is -0.123. The van der Waals surface area contributed by atoms with Crippen molar-refractivity contribution in [1.82, 2.24) is 10.2 Å². The van der Waals surface area contributed by atoms with Gasteiger partial charge in [-0.15, -0.1) is 0 Å². The molecule has 2 heterocycles. The van der Waals surface area contributed by atoms with Gasteiger partial charge in [-0.05, 0) is 42.2 Å². The van der Waals surface area contributed by atoms with E-state index in [9.17, 15) is 9.59 Å². The number of amides is 2. The van der Waals surface area contributed by atoms with E-state index in [-0.39, 0.29) is 23.1 Å². The Labute approximate surface area is 177 Å². The highest BCUT2D eigenvalue weighted by molar-refractivity contribution is 6.00. The van der Waals surface area contributed by atoms with Gasteiger partial charge < -0.3 is 19.7 Å². The van der Waals surface area contributed by atoms with Crippen molar-refractivity contribution < 1.29 is 19.1 Å². The Bertz CT molecular complexity index is 919. The number of benzene rings is 2. The van der Waals surface area contributed by atoms with Gasteiger partial charge in [0.2, 0.25) is 5.91 Å². The molecule has 1 fully saturated rings. The van der Waals surface area contributed by atoms with Gasteiger partial charge >= 0.3 is 0 Å². The molecule has 6 heteroatoms. The number of hydrogen-bond acceptors (Lipinski definition) is 4. The second-order valence-electron chi connectivity index (χ2n) is 8.16. The quantitative estimate of drug-likeness (QED) is 0.826. The molecule has 0 saturated carbocycles. The molecule has 2 aromatic rings. The third-order valence-electron chi connectivity index (χ3n) is 6.44. The molecule has 1 saturated heterocycles. The minimum atomic E-state index is -0.364. The van der Waals surface area contributed by atoms with E-state index in [0.717, 1.165) is 24.2 Å². The number of rotatable bonds is 5. The number of fused-ring (bicyclic) bond motifs is 1. The summed E-state index contributed by atoms with van der Waals surface area (Å²) in [5, 5.41) is 3.20. The highest BCUT2D eigenvalue weighted by Gasteiger charge is 2.37. The zero-order valence-electron chi connectivity index (χ0n) is 17.5. The standard InChI is InChI=1S/C24H28N2O4/c1-26-15-21(19-5-3-4-6-20(19)23(26)28)22(27)25-16-24(11-13-30-14-12-24)17-7-9-18(29-2)10-8-17/h3-10,21H,11-16H2,1-2H3,(H,25,27). The normalized spacial score (nSPS) is 20.4. The lowest BCUT2D eigenvalue weighted by Gasteiger charge is -2.39. The van der Waals surface area contributed by atoms with Gasteiger partial charge in [-0.3, -0.25) is 9.59 Å². The van der Waals surface area contributed by atoms with Crippen molar-refractivity contribution in [1.29, 1.82) is 0 Å². The first-order valence-electron chi connectivity index (χ1n) is 10.4. The maximum Gasteiger partial charge on any atom is 0.253 e. The van der Waals surface area contributed by atoms with Crippen molar-refractivity contribution in [2.75, 3.05) is 40.5 Å². The Hall–Kier alpha value is -2.86. The molecule has 1 atom stereocenters. The molecule has 2 amide bonds. The largest absolute Gasteiger partial charge is 0.497 e. The number of hydrogen-bond donors (Lipinski definition) is 1. The van der Waals surface area contributed by atoms with Crippen LogP contribution in [0.5, 0.6) is 5.75 Å². The zero-order chi connectivity index (χ0) is 21.1. The van der Waals surface area contributed by atoms with Crippen LogP contribution >= 0.6 is 0 Å². The lowest BCUT2D eigenvalue weighted by atomic mass is 9.74. The summed E-state index contributed by atoms with van der Waals surface area (Å²) in [6.07, 6.45) is 1.69. The van der Waals surface area contributed by atoms with Crippen molar-refractivity contribution in [3.63, 3.8) is 0 Å².